The lowest BCUT2D eigenvalue weighted by atomic mass is 9.68. The van der Waals surface area contributed by atoms with Crippen molar-refractivity contribution in [3.63, 3.8) is 0 Å². The lowest BCUT2D eigenvalue weighted by Crippen LogP contribution is -2.42. The van der Waals surface area contributed by atoms with Gasteiger partial charge in [-0.3, -0.25) is 0 Å². The summed E-state index contributed by atoms with van der Waals surface area (Å²) in [7, 11) is 0. The van der Waals surface area contributed by atoms with E-state index in [0.717, 1.165) is 11.8 Å². The van der Waals surface area contributed by atoms with E-state index in [2.05, 4.69) is 11.8 Å². The largest absolute Gasteiger partial charge is 0.328 e. The third kappa shape index (κ3) is 3.21. The molecule has 94 valence electrons. The Bertz CT molecular complexity index is 197. The number of hydrogen-bond donors (Lipinski definition) is 1. The third-order valence-electron chi connectivity index (χ3n) is 4.73. The first-order chi connectivity index (χ1) is 7.70. The summed E-state index contributed by atoms with van der Waals surface area (Å²) in [5.41, 5.74) is 6.57. The molecule has 2 fully saturated rings. The first kappa shape index (κ1) is 12.4. The van der Waals surface area contributed by atoms with Gasteiger partial charge in [0.2, 0.25) is 0 Å². The Hall–Kier alpha value is -0.0800. The third-order valence-corrected chi connectivity index (χ3v) is 4.73. The van der Waals surface area contributed by atoms with Crippen LogP contribution in [-0.4, -0.2) is 30.6 Å². The van der Waals surface area contributed by atoms with Crippen LogP contribution in [0.25, 0.3) is 0 Å². The molecule has 1 heterocycles. The molecule has 2 N–H and O–H groups in total. The van der Waals surface area contributed by atoms with Crippen molar-refractivity contribution in [1.29, 1.82) is 0 Å². The summed E-state index contributed by atoms with van der Waals surface area (Å²) < 4.78 is 0. The molecule has 0 aromatic carbocycles. The molecule has 2 rings (SSSR count). The Balaban J connectivity index is 1.73. The number of likely N-dealkylation sites (tertiary alicyclic amines) is 1. The molecule has 16 heavy (non-hydrogen) atoms. The molecular formula is C14H28N2. The predicted octanol–water partition coefficient (Wildman–Crippen LogP) is 2.77. The van der Waals surface area contributed by atoms with E-state index >= 15 is 0 Å². The van der Waals surface area contributed by atoms with Crippen LogP contribution >= 0.6 is 0 Å². The highest BCUT2D eigenvalue weighted by Gasteiger charge is 2.35. The van der Waals surface area contributed by atoms with Gasteiger partial charge in [0.25, 0.3) is 0 Å². The first-order valence-electron chi connectivity index (χ1n) is 7.18. The highest BCUT2D eigenvalue weighted by atomic mass is 15.1. The Morgan fingerprint density at radius 2 is 1.69 bits per heavy atom. The minimum absolute atomic E-state index is 0.366. The molecule has 0 radical (unpaired) electrons. The van der Waals surface area contributed by atoms with E-state index in [4.69, 9.17) is 5.73 Å². The quantitative estimate of drug-likeness (QED) is 0.798. The molecule has 1 unspecified atom stereocenters. The van der Waals surface area contributed by atoms with Crippen LogP contribution in [0, 0.1) is 5.41 Å². The van der Waals surface area contributed by atoms with Crippen molar-refractivity contribution in [3.05, 3.63) is 0 Å². The van der Waals surface area contributed by atoms with Crippen LogP contribution < -0.4 is 5.73 Å². The van der Waals surface area contributed by atoms with Gasteiger partial charge in [0.1, 0.15) is 0 Å². The molecule has 1 saturated heterocycles. The van der Waals surface area contributed by atoms with E-state index in [9.17, 15) is 0 Å². The summed E-state index contributed by atoms with van der Waals surface area (Å²) in [6, 6.07) is 0.366. The van der Waals surface area contributed by atoms with Crippen LogP contribution in [0.5, 0.6) is 0 Å². The first-order valence-corrected chi connectivity index (χ1v) is 7.18. The minimum Gasteiger partial charge on any atom is -0.328 e. The lowest BCUT2D eigenvalue weighted by Gasteiger charge is -2.44. The number of rotatable bonds is 3. The van der Waals surface area contributed by atoms with Crippen LogP contribution in [0.4, 0.5) is 0 Å². The highest BCUT2D eigenvalue weighted by molar-refractivity contribution is 4.88. The molecule has 2 heteroatoms. The second kappa shape index (κ2) is 5.50. The van der Waals surface area contributed by atoms with Crippen LogP contribution in [0.1, 0.15) is 58.3 Å². The molecule has 0 aromatic rings. The van der Waals surface area contributed by atoms with Crippen molar-refractivity contribution in [2.75, 3.05) is 19.6 Å². The average molecular weight is 224 g/mol. The summed E-state index contributed by atoms with van der Waals surface area (Å²) in [6.07, 6.45) is 11.5. The summed E-state index contributed by atoms with van der Waals surface area (Å²) in [5.74, 6) is 0. The number of hydrogen-bond acceptors (Lipinski definition) is 2. The van der Waals surface area contributed by atoms with Crippen LogP contribution in [0.2, 0.25) is 0 Å². The molecule has 0 amide bonds. The van der Waals surface area contributed by atoms with Gasteiger partial charge in [-0.1, -0.05) is 19.3 Å². The van der Waals surface area contributed by atoms with E-state index < -0.39 is 0 Å². The van der Waals surface area contributed by atoms with Gasteiger partial charge in [-0.15, -0.1) is 0 Å². The van der Waals surface area contributed by atoms with Gasteiger partial charge in [0.05, 0.1) is 0 Å². The maximum atomic E-state index is 5.82. The zero-order valence-corrected chi connectivity index (χ0v) is 10.9. The van der Waals surface area contributed by atoms with E-state index in [1.165, 1.54) is 64.6 Å². The second-order valence-electron chi connectivity index (χ2n) is 6.17. The average Bonchev–Trinajstić information content (AvgIpc) is 2.29. The van der Waals surface area contributed by atoms with E-state index in [1.54, 1.807) is 0 Å². The number of nitrogens with zero attached hydrogens (tertiary/aromatic N) is 1. The summed E-state index contributed by atoms with van der Waals surface area (Å²) in [5, 5.41) is 0. The summed E-state index contributed by atoms with van der Waals surface area (Å²) in [4.78, 5) is 2.63. The smallest absolute Gasteiger partial charge is 0.00226 e. The van der Waals surface area contributed by atoms with Crippen LogP contribution in [0.15, 0.2) is 0 Å². The minimum atomic E-state index is 0.366. The van der Waals surface area contributed by atoms with E-state index in [-0.39, 0.29) is 0 Å². The van der Waals surface area contributed by atoms with Gasteiger partial charge in [0, 0.05) is 6.04 Å². The van der Waals surface area contributed by atoms with Gasteiger partial charge in [-0.2, -0.15) is 0 Å². The molecular weight excluding hydrogens is 196 g/mol. The summed E-state index contributed by atoms with van der Waals surface area (Å²) in [6.45, 7) is 5.99. The maximum Gasteiger partial charge on any atom is 0.00226 e. The molecule has 1 saturated carbocycles. The van der Waals surface area contributed by atoms with Crippen molar-refractivity contribution >= 4 is 0 Å². The fraction of sp³-hybridized carbons (Fsp3) is 1.00. The van der Waals surface area contributed by atoms with Crippen molar-refractivity contribution in [2.45, 2.75) is 64.3 Å². The molecule has 2 aliphatic rings. The molecule has 1 aliphatic carbocycles. The van der Waals surface area contributed by atoms with Crippen molar-refractivity contribution < 1.29 is 0 Å². The monoisotopic (exact) mass is 224 g/mol. The maximum absolute atomic E-state index is 5.82. The van der Waals surface area contributed by atoms with Crippen LogP contribution in [0.3, 0.4) is 0 Å². The molecule has 1 atom stereocenters. The topological polar surface area (TPSA) is 29.3 Å². The highest BCUT2D eigenvalue weighted by Crippen LogP contribution is 2.44. The Morgan fingerprint density at radius 1 is 1.06 bits per heavy atom. The van der Waals surface area contributed by atoms with Gasteiger partial charge >= 0.3 is 0 Å². The Morgan fingerprint density at radius 3 is 2.25 bits per heavy atom. The molecule has 1 spiro atoms. The molecule has 2 nitrogen and oxygen atoms in total. The van der Waals surface area contributed by atoms with Gasteiger partial charge in [-0.25, -0.2) is 0 Å². The van der Waals surface area contributed by atoms with Crippen LogP contribution in [-0.2, 0) is 0 Å². The number of piperidine rings is 1. The van der Waals surface area contributed by atoms with Gasteiger partial charge in [-0.05, 0) is 64.1 Å². The fourth-order valence-electron chi connectivity index (χ4n) is 3.44. The Labute approximate surface area is 101 Å². The SMILES string of the molecule is CC(N)CCN1CCC2(CCCCC2)CC1. The summed E-state index contributed by atoms with van der Waals surface area (Å²) >= 11 is 0. The lowest BCUT2D eigenvalue weighted by molar-refractivity contribution is 0.0666. The molecule has 0 aromatic heterocycles. The number of nitrogens with two attached hydrogens (primary N) is 1. The standard InChI is InChI=1S/C14H28N2/c1-13(15)5-10-16-11-8-14(9-12-16)6-3-2-4-7-14/h13H,2-12,15H2,1H3. The van der Waals surface area contributed by atoms with E-state index in [1.807, 2.05) is 0 Å². The zero-order chi connectivity index (χ0) is 11.4. The van der Waals surface area contributed by atoms with Crippen molar-refractivity contribution in [2.24, 2.45) is 11.1 Å². The molecule has 0 bridgehead atoms. The van der Waals surface area contributed by atoms with E-state index in [0.29, 0.717) is 6.04 Å². The molecule has 1 aliphatic heterocycles. The normalized spacial score (nSPS) is 28.1. The zero-order valence-electron chi connectivity index (χ0n) is 10.9. The second-order valence-corrected chi connectivity index (χ2v) is 6.17. The van der Waals surface area contributed by atoms with Gasteiger partial charge in [0.15, 0.2) is 0 Å². The van der Waals surface area contributed by atoms with Crippen molar-refractivity contribution in [1.82, 2.24) is 4.90 Å². The van der Waals surface area contributed by atoms with Crippen molar-refractivity contribution in [3.8, 4) is 0 Å². The fourth-order valence-corrected chi connectivity index (χ4v) is 3.44. The predicted molar refractivity (Wildman–Crippen MR) is 69.5 cm³/mol. The van der Waals surface area contributed by atoms with Gasteiger partial charge < -0.3 is 10.6 Å². The Kier molecular flexibility index (Phi) is 4.26.